The summed E-state index contributed by atoms with van der Waals surface area (Å²) in [7, 11) is -1.64. The number of hydrogen-bond acceptors (Lipinski definition) is 5. The van der Waals surface area contributed by atoms with Gasteiger partial charge in [0.2, 0.25) is 0 Å². The molecule has 1 saturated heterocycles. The van der Waals surface area contributed by atoms with Crippen molar-refractivity contribution in [2.75, 3.05) is 33.4 Å². The second kappa shape index (κ2) is 9.69. The Morgan fingerprint density at radius 3 is 2.31 bits per heavy atom. The number of rotatable bonds is 7. The molecular weight excluding hydrogens is 376 g/mol. The minimum Gasteiger partial charge on any atom is -0.384 e. The van der Waals surface area contributed by atoms with E-state index in [0.29, 0.717) is 18.7 Å². The van der Waals surface area contributed by atoms with Gasteiger partial charge >= 0.3 is 0 Å². The number of methoxy groups -OCH3 is 1. The second-order valence-corrected chi connectivity index (χ2v) is 9.49. The molecule has 8 heteroatoms. The topological polar surface area (TPSA) is 84.5 Å². The van der Waals surface area contributed by atoms with Gasteiger partial charge in [0.25, 0.3) is 5.91 Å². The molecule has 0 saturated carbocycles. The lowest BCUT2D eigenvalue weighted by Crippen LogP contribution is -2.47. The van der Waals surface area contributed by atoms with Gasteiger partial charge in [-0.1, -0.05) is 0 Å². The molecular formula is C18H29ClN2O4S. The number of carbonyl (C=O) groups excluding carboxylic acids is 1. The molecule has 2 N–H and O–H groups in total. The Balaban J connectivity index is 0.00000338. The van der Waals surface area contributed by atoms with Crippen LogP contribution in [-0.4, -0.2) is 52.9 Å². The SMILES string of the molecule is COCC1(CNC(=O)c2ccc(S(=O)(=O)C(C)C)cc2)CCNCC1.Cl. The highest BCUT2D eigenvalue weighted by Gasteiger charge is 2.32. The number of halogens is 1. The molecule has 6 nitrogen and oxygen atoms in total. The van der Waals surface area contributed by atoms with Gasteiger partial charge in [0.05, 0.1) is 16.8 Å². The predicted molar refractivity (Wildman–Crippen MR) is 105 cm³/mol. The Morgan fingerprint density at radius 2 is 1.81 bits per heavy atom. The van der Waals surface area contributed by atoms with Gasteiger partial charge in [-0.05, 0) is 64.0 Å². The smallest absolute Gasteiger partial charge is 0.251 e. The van der Waals surface area contributed by atoms with Crippen molar-refractivity contribution in [1.82, 2.24) is 10.6 Å². The molecule has 1 aromatic rings. The number of amides is 1. The molecule has 0 spiro atoms. The number of benzene rings is 1. The zero-order chi connectivity index (χ0) is 18.5. The maximum atomic E-state index is 12.4. The van der Waals surface area contributed by atoms with Crippen LogP contribution < -0.4 is 10.6 Å². The summed E-state index contributed by atoms with van der Waals surface area (Å²) in [4.78, 5) is 12.7. The van der Waals surface area contributed by atoms with Crippen molar-refractivity contribution in [3.05, 3.63) is 29.8 Å². The van der Waals surface area contributed by atoms with Crippen LogP contribution in [0.4, 0.5) is 0 Å². The molecule has 0 aliphatic carbocycles. The number of hydrogen-bond donors (Lipinski definition) is 2. The van der Waals surface area contributed by atoms with Gasteiger partial charge in [-0.15, -0.1) is 12.4 Å². The van der Waals surface area contributed by atoms with E-state index in [1.165, 1.54) is 12.1 Å². The monoisotopic (exact) mass is 404 g/mol. The van der Waals surface area contributed by atoms with Crippen LogP contribution >= 0.6 is 12.4 Å². The van der Waals surface area contributed by atoms with E-state index in [1.807, 2.05) is 0 Å². The Kier molecular flexibility index (Phi) is 8.53. The van der Waals surface area contributed by atoms with E-state index in [2.05, 4.69) is 10.6 Å². The first kappa shape index (κ1) is 22.9. The van der Waals surface area contributed by atoms with E-state index in [4.69, 9.17) is 4.74 Å². The Hall–Kier alpha value is -1.15. The Labute approximate surface area is 162 Å². The lowest BCUT2D eigenvalue weighted by atomic mass is 9.79. The van der Waals surface area contributed by atoms with Gasteiger partial charge in [-0.2, -0.15) is 0 Å². The lowest BCUT2D eigenvalue weighted by molar-refractivity contribution is 0.0511. The summed E-state index contributed by atoms with van der Waals surface area (Å²) >= 11 is 0. The van der Waals surface area contributed by atoms with Crippen molar-refractivity contribution in [2.24, 2.45) is 5.41 Å². The highest BCUT2D eigenvalue weighted by Crippen LogP contribution is 2.28. The minimum absolute atomic E-state index is 0. The van der Waals surface area contributed by atoms with Crippen LogP contribution in [-0.2, 0) is 14.6 Å². The van der Waals surface area contributed by atoms with Crippen LogP contribution in [0.2, 0.25) is 0 Å². The molecule has 0 aromatic heterocycles. The molecule has 2 rings (SSSR count). The van der Waals surface area contributed by atoms with Gasteiger partial charge in [0, 0.05) is 24.6 Å². The van der Waals surface area contributed by atoms with Crippen molar-refractivity contribution >= 4 is 28.2 Å². The Bertz CT molecular complexity index is 678. The largest absolute Gasteiger partial charge is 0.384 e. The quantitative estimate of drug-likeness (QED) is 0.726. The van der Waals surface area contributed by atoms with Crippen molar-refractivity contribution in [2.45, 2.75) is 36.8 Å². The molecule has 1 fully saturated rings. The summed E-state index contributed by atoms with van der Waals surface area (Å²) in [5, 5.41) is 5.82. The second-order valence-electron chi connectivity index (χ2n) is 6.98. The van der Waals surface area contributed by atoms with Crippen molar-refractivity contribution < 1.29 is 17.9 Å². The third kappa shape index (κ3) is 5.42. The standard InChI is InChI=1S/C18H28N2O4S.ClH/c1-14(2)25(22,23)16-6-4-15(5-7-16)17(21)20-12-18(13-24-3)8-10-19-11-9-18;/h4-7,14,19H,8-13H2,1-3H3,(H,20,21);1H. The van der Waals surface area contributed by atoms with Crippen LogP contribution in [0, 0.1) is 5.41 Å². The van der Waals surface area contributed by atoms with Crippen LogP contribution in [0.15, 0.2) is 29.2 Å². The maximum absolute atomic E-state index is 12.4. The van der Waals surface area contributed by atoms with Crippen LogP contribution in [0.3, 0.4) is 0 Å². The molecule has 0 radical (unpaired) electrons. The van der Waals surface area contributed by atoms with Gasteiger partial charge in [-0.25, -0.2) is 8.42 Å². The van der Waals surface area contributed by atoms with Crippen molar-refractivity contribution in [3.8, 4) is 0 Å². The van der Waals surface area contributed by atoms with Gasteiger partial charge in [0.1, 0.15) is 0 Å². The number of sulfone groups is 1. The van der Waals surface area contributed by atoms with E-state index in [0.717, 1.165) is 25.9 Å². The van der Waals surface area contributed by atoms with Crippen molar-refractivity contribution in [3.63, 3.8) is 0 Å². The first-order valence-corrected chi connectivity index (χ1v) is 10.2. The molecule has 1 heterocycles. The van der Waals surface area contributed by atoms with Crippen LogP contribution in [0.1, 0.15) is 37.0 Å². The summed E-state index contributed by atoms with van der Waals surface area (Å²) in [6.45, 7) is 6.28. The van der Waals surface area contributed by atoms with E-state index in [-0.39, 0.29) is 28.6 Å². The zero-order valence-electron chi connectivity index (χ0n) is 15.6. The average molecular weight is 405 g/mol. The summed E-state index contributed by atoms with van der Waals surface area (Å²) in [5.74, 6) is -0.192. The summed E-state index contributed by atoms with van der Waals surface area (Å²) in [5.41, 5.74) is 0.417. The Morgan fingerprint density at radius 1 is 1.23 bits per heavy atom. The fourth-order valence-electron chi connectivity index (χ4n) is 3.07. The first-order chi connectivity index (χ1) is 11.8. The lowest BCUT2D eigenvalue weighted by Gasteiger charge is -2.37. The summed E-state index contributed by atoms with van der Waals surface area (Å²) in [6.07, 6.45) is 1.90. The molecule has 26 heavy (non-hydrogen) atoms. The molecule has 0 unspecified atom stereocenters. The number of carbonyl (C=O) groups is 1. The van der Waals surface area contributed by atoms with Crippen molar-refractivity contribution in [1.29, 1.82) is 0 Å². The van der Waals surface area contributed by atoms with E-state index < -0.39 is 15.1 Å². The molecule has 0 bridgehead atoms. The highest BCUT2D eigenvalue weighted by atomic mass is 35.5. The zero-order valence-corrected chi connectivity index (χ0v) is 17.2. The predicted octanol–water partition coefficient (Wildman–Crippen LogP) is 2.04. The number of ether oxygens (including phenoxy) is 1. The summed E-state index contributed by atoms with van der Waals surface area (Å²) < 4.78 is 29.6. The fraction of sp³-hybridized carbons (Fsp3) is 0.611. The average Bonchev–Trinajstić information content (AvgIpc) is 2.61. The number of nitrogens with one attached hydrogen (secondary N) is 2. The molecule has 1 amide bonds. The molecule has 1 aliphatic heterocycles. The van der Waals surface area contributed by atoms with Gasteiger partial charge in [0.15, 0.2) is 9.84 Å². The normalized spacial score (nSPS) is 16.8. The molecule has 0 atom stereocenters. The van der Waals surface area contributed by atoms with E-state index >= 15 is 0 Å². The van der Waals surface area contributed by atoms with E-state index in [9.17, 15) is 13.2 Å². The minimum atomic E-state index is -3.32. The fourth-order valence-corrected chi connectivity index (χ4v) is 4.13. The van der Waals surface area contributed by atoms with Gasteiger partial charge < -0.3 is 15.4 Å². The number of piperidine rings is 1. The molecule has 1 aliphatic rings. The van der Waals surface area contributed by atoms with Crippen LogP contribution in [0.25, 0.3) is 0 Å². The molecule has 148 valence electrons. The van der Waals surface area contributed by atoms with Gasteiger partial charge in [-0.3, -0.25) is 4.79 Å². The van der Waals surface area contributed by atoms with E-state index in [1.54, 1.807) is 33.1 Å². The third-order valence-electron chi connectivity index (χ3n) is 4.80. The maximum Gasteiger partial charge on any atom is 0.251 e. The third-order valence-corrected chi connectivity index (χ3v) is 6.97. The first-order valence-electron chi connectivity index (χ1n) is 8.63. The van der Waals surface area contributed by atoms with Crippen LogP contribution in [0.5, 0.6) is 0 Å². The highest BCUT2D eigenvalue weighted by molar-refractivity contribution is 7.92. The molecule has 1 aromatic carbocycles. The summed E-state index contributed by atoms with van der Waals surface area (Å²) in [6, 6.07) is 6.13.